The van der Waals surface area contributed by atoms with Gasteiger partial charge in [0.25, 0.3) is 0 Å². The van der Waals surface area contributed by atoms with E-state index in [1.54, 1.807) is 6.20 Å². The Morgan fingerprint density at radius 2 is 2.17 bits per heavy atom. The van der Waals surface area contributed by atoms with Crippen molar-refractivity contribution in [2.45, 2.75) is 18.8 Å². The van der Waals surface area contributed by atoms with Crippen molar-refractivity contribution in [3.05, 3.63) is 35.7 Å². The van der Waals surface area contributed by atoms with Crippen LogP contribution in [0.2, 0.25) is 0 Å². The van der Waals surface area contributed by atoms with Crippen LogP contribution in [0, 0.1) is 0 Å². The zero-order valence-electron chi connectivity index (χ0n) is 13.3. The molecule has 0 aliphatic carbocycles. The van der Waals surface area contributed by atoms with E-state index in [0.29, 0.717) is 24.9 Å². The van der Waals surface area contributed by atoms with E-state index >= 15 is 0 Å². The van der Waals surface area contributed by atoms with E-state index in [1.165, 1.54) is 0 Å². The molecule has 2 aromatic rings. The molecule has 1 unspecified atom stereocenters. The lowest BCUT2D eigenvalue weighted by molar-refractivity contribution is -0.115. The third kappa shape index (κ3) is 3.07. The normalized spacial score (nSPS) is 19.2. The van der Waals surface area contributed by atoms with Gasteiger partial charge in [0.1, 0.15) is 13.2 Å². The van der Waals surface area contributed by atoms with Crippen molar-refractivity contribution in [1.82, 2.24) is 15.5 Å². The van der Waals surface area contributed by atoms with Crippen LogP contribution in [0.15, 0.2) is 24.4 Å². The maximum atomic E-state index is 12.4. The summed E-state index contributed by atoms with van der Waals surface area (Å²) in [5.41, 5.74) is 2.66. The Morgan fingerprint density at radius 1 is 1.29 bits per heavy atom. The molecule has 7 heteroatoms. The van der Waals surface area contributed by atoms with Gasteiger partial charge in [0.2, 0.25) is 5.91 Å². The summed E-state index contributed by atoms with van der Waals surface area (Å²) in [6, 6.07) is 5.61. The molecule has 4 rings (SSSR count). The Kier molecular flexibility index (Phi) is 4.08. The highest BCUT2D eigenvalue weighted by Gasteiger charge is 2.22. The maximum absolute atomic E-state index is 12.4. The van der Waals surface area contributed by atoms with Gasteiger partial charge in [-0.2, -0.15) is 5.10 Å². The number of ether oxygens (including phenoxy) is 2. The molecule has 1 aromatic carbocycles. The quantitative estimate of drug-likeness (QED) is 0.790. The molecule has 7 nitrogen and oxygen atoms in total. The largest absolute Gasteiger partial charge is 0.486 e. The maximum Gasteiger partial charge on any atom is 0.228 e. The van der Waals surface area contributed by atoms with Crippen molar-refractivity contribution >= 4 is 11.6 Å². The number of nitrogens with one attached hydrogen (secondary N) is 3. The standard InChI is InChI=1S/C17H20N4O3/c22-16(8-11-1-2-14-15(7-11)24-6-5-23-14)20-13-10-19-21-17(13)12-3-4-18-9-12/h1-2,7,10,12,18H,3-6,8-9H2,(H,19,21)(H,20,22). The molecule has 0 radical (unpaired) electrons. The number of anilines is 1. The average molecular weight is 328 g/mol. The molecule has 0 spiro atoms. The number of carbonyl (C=O) groups is 1. The molecule has 1 fully saturated rings. The van der Waals surface area contributed by atoms with Crippen LogP contribution in [0.3, 0.4) is 0 Å². The summed E-state index contributed by atoms with van der Waals surface area (Å²) in [6.45, 7) is 3.00. The molecule has 2 aliphatic rings. The van der Waals surface area contributed by atoms with Gasteiger partial charge < -0.3 is 20.1 Å². The van der Waals surface area contributed by atoms with Gasteiger partial charge in [0.15, 0.2) is 11.5 Å². The Morgan fingerprint density at radius 3 is 3.00 bits per heavy atom. The number of amides is 1. The molecule has 126 valence electrons. The lowest BCUT2D eigenvalue weighted by Gasteiger charge is -2.18. The molecule has 0 saturated carbocycles. The number of aromatic nitrogens is 2. The van der Waals surface area contributed by atoms with E-state index in [4.69, 9.17) is 9.47 Å². The first-order valence-corrected chi connectivity index (χ1v) is 8.22. The molecule has 0 bridgehead atoms. The number of aromatic amines is 1. The number of carbonyl (C=O) groups excluding carboxylic acids is 1. The van der Waals surface area contributed by atoms with E-state index in [9.17, 15) is 4.79 Å². The number of nitrogens with zero attached hydrogens (tertiary/aromatic N) is 1. The van der Waals surface area contributed by atoms with Gasteiger partial charge in [-0.15, -0.1) is 0 Å². The molecule has 24 heavy (non-hydrogen) atoms. The number of rotatable bonds is 4. The van der Waals surface area contributed by atoms with Gasteiger partial charge in [-0.3, -0.25) is 9.89 Å². The smallest absolute Gasteiger partial charge is 0.228 e. The van der Waals surface area contributed by atoms with Gasteiger partial charge in [-0.25, -0.2) is 0 Å². The minimum absolute atomic E-state index is 0.0692. The van der Waals surface area contributed by atoms with Crippen LogP contribution in [0.1, 0.15) is 23.6 Å². The van der Waals surface area contributed by atoms with Crippen molar-refractivity contribution in [2.24, 2.45) is 0 Å². The third-order valence-electron chi connectivity index (χ3n) is 4.38. The summed E-state index contributed by atoms with van der Waals surface area (Å²) in [7, 11) is 0. The minimum atomic E-state index is -0.0692. The second-order valence-electron chi connectivity index (χ2n) is 6.09. The van der Waals surface area contributed by atoms with Gasteiger partial charge in [-0.1, -0.05) is 6.07 Å². The molecule has 3 heterocycles. The summed E-state index contributed by atoms with van der Waals surface area (Å²) in [4.78, 5) is 12.4. The lowest BCUT2D eigenvalue weighted by Crippen LogP contribution is -2.18. The summed E-state index contributed by atoms with van der Waals surface area (Å²) in [5, 5.41) is 13.4. The Labute approximate surface area is 139 Å². The van der Waals surface area contributed by atoms with Crippen molar-refractivity contribution < 1.29 is 14.3 Å². The first-order chi connectivity index (χ1) is 11.8. The van der Waals surface area contributed by atoms with Crippen LogP contribution in [0.5, 0.6) is 11.5 Å². The highest BCUT2D eigenvalue weighted by Crippen LogP contribution is 2.31. The van der Waals surface area contributed by atoms with E-state index in [1.807, 2.05) is 18.2 Å². The first-order valence-electron chi connectivity index (χ1n) is 8.22. The van der Waals surface area contributed by atoms with E-state index in [0.717, 1.165) is 42.2 Å². The van der Waals surface area contributed by atoms with Crippen molar-refractivity contribution in [2.75, 3.05) is 31.6 Å². The summed E-state index contributed by atoms with van der Waals surface area (Å²) in [6.07, 6.45) is 3.01. The Hall–Kier alpha value is -2.54. The first kappa shape index (κ1) is 15.0. The number of H-pyrrole nitrogens is 1. The average Bonchev–Trinajstić information content (AvgIpc) is 3.25. The van der Waals surface area contributed by atoms with Gasteiger partial charge >= 0.3 is 0 Å². The monoisotopic (exact) mass is 328 g/mol. The van der Waals surface area contributed by atoms with Crippen LogP contribution in [0.4, 0.5) is 5.69 Å². The number of hydrogen-bond acceptors (Lipinski definition) is 5. The predicted molar refractivity (Wildman–Crippen MR) is 88.6 cm³/mol. The van der Waals surface area contributed by atoms with Crippen LogP contribution in [-0.4, -0.2) is 42.4 Å². The zero-order valence-corrected chi connectivity index (χ0v) is 13.3. The summed E-state index contributed by atoms with van der Waals surface area (Å²) < 4.78 is 11.1. The minimum Gasteiger partial charge on any atom is -0.486 e. The van der Waals surface area contributed by atoms with Gasteiger partial charge in [0, 0.05) is 12.5 Å². The number of hydrogen-bond donors (Lipinski definition) is 3. The molecule has 3 N–H and O–H groups in total. The fourth-order valence-corrected chi connectivity index (χ4v) is 3.19. The molecule has 1 atom stereocenters. The van der Waals surface area contributed by atoms with Crippen LogP contribution in [0.25, 0.3) is 0 Å². The Bertz CT molecular complexity index is 737. The van der Waals surface area contributed by atoms with Crippen LogP contribution in [-0.2, 0) is 11.2 Å². The van der Waals surface area contributed by atoms with E-state index in [-0.39, 0.29) is 12.3 Å². The molecule has 1 amide bonds. The van der Waals surface area contributed by atoms with Crippen molar-refractivity contribution in [3.8, 4) is 11.5 Å². The predicted octanol–water partition coefficient (Wildman–Crippen LogP) is 1.44. The van der Waals surface area contributed by atoms with E-state index in [2.05, 4.69) is 20.8 Å². The topological polar surface area (TPSA) is 88.3 Å². The fourth-order valence-electron chi connectivity index (χ4n) is 3.19. The fraction of sp³-hybridized carbons (Fsp3) is 0.412. The highest BCUT2D eigenvalue weighted by molar-refractivity contribution is 5.92. The van der Waals surface area contributed by atoms with Crippen LogP contribution >= 0.6 is 0 Å². The SMILES string of the molecule is O=C(Cc1ccc2c(c1)OCCO2)Nc1cn[nH]c1C1CCNC1. The molecule has 1 saturated heterocycles. The molecular weight excluding hydrogens is 308 g/mol. The zero-order chi connectivity index (χ0) is 16.4. The lowest BCUT2D eigenvalue weighted by atomic mass is 10.0. The number of fused-ring (bicyclic) bond motifs is 1. The summed E-state index contributed by atoms with van der Waals surface area (Å²) >= 11 is 0. The van der Waals surface area contributed by atoms with Gasteiger partial charge in [0.05, 0.1) is 24.0 Å². The third-order valence-corrected chi connectivity index (χ3v) is 4.38. The molecule has 1 aromatic heterocycles. The van der Waals surface area contributed by atoms with Crippen molar-refractivity contribution in [3.63, 3.8) is 0 Å². The highest BCUT2D eigenvalue weighted by atomic mass is 16.6. The summed E-state index contributed by atoms with van der Waals surface area (Å²) in [5.74, 6) is 1.74. The van der Waals surface area contributed by atoms with Crippen LogP contribution < -0.4 is 20.1 Å². The van der Waals surface area contributed by atoms with Crippen molar-refractivity contribution in [1.29, 1.82) is 0 Å². The molecule has 2 aliphatic heterocycles. The van der Waals surface area contributed by atoms with Gasteiger partial charge in [-0.05, 0) is 30.7 Å². The van der Waals surface area contributed by atoms with E-state index < -0.39 is 0 Å². The Balaban J connectivity index is 1.43. The second-order valence-corrected chi connectivity index (χ2v) is 6.09. The molecular formula is C17H20N4O3. The number of benzene rings is 1. The second kappa shape index (κ2) is 6.52.